The van der Waals surface area contributed by atoms with Crippen LogP contribution >= 0.6 is 10.7 Å². The van der Waals surface area contributed by atoms with E-state index in [0.29, 0.717) is 19.8 Å². The van der Waals surface area contributed by atoms with Gasteiger partial charge in [-0.2, -0.15) is 0 Å². The molecular weight excluding hydrogens is 276 g/mol. The van der Waals surface area contributed by atoms with E-state index in [-0.39, 0.29) is 17.3 Å². The molecule has 0 radical (unpaired) electrons. The third kappa shape index (κ3) is 12.6. The monoisotopic (exact) mass is 300 g/mol. The predicted molar refractivity (Wildman–Crippen MR) is 74.6 cm³/mol. The average molecular weight is 301 g/mol. The van der Waals surface area contributed by atoms with Gasteiger partial charge in [0.2, 0.25) is 9.05 Å². The highest BCUT2D eigenvalue weighted by Gasteiger charge is 2.17. The van der Waals surface area contributed by atoms with Crippen LogP contribution in [0.25, 0.3) is 0 Å². The maximum atomic E-state index is 11.0. The van der Waals surface area contributed by atoms with Crippen molar-refractivity contribution < 1.29 is 17.9 Å². The lowest BCUT2D eigenvalue weighted by Gasteiger charge is -2.20. The summed E-state index contributed by atoms with van der Waals surface area (Å²) >= 11 is 0. The first-order valence-electron chi connectivity index (χ1n) is 6.28. The predicted octanol–water partition coefficient (Wildman–Crippen LogP) is 2.80. The van der Waals surface area contributed by atoms with E-state index in [9.17, 15) is 8.42 Å². The fraction of sp³-hybridized carbons (Fsp3) is 1.00. The van der Waals surface area contributed by atoms with Crippen molar-refractivity contribution in [3.8, 4) is 0 Å². The molecule has 0 spiro atoms. The Morgan fingerprint density at radius 3 is 2.28 bits per heavy atom. The summed E-state index contributed by atoms with van der Waals surface area (Å²) in [5, 5.41) is 0. The lowest BCUT2D eigenvalue weighted by Crippen LogP contribution is -2.23. The molecule has 0 aromatic rings. The van der Waals surface area contributed by atoms with E-state index in [4.69, 9.17) is 20.2 Å². The highest BCUT2D eigenvalue weighted by atomic mass is 35.7. The fourth-order valence-electron chi connectivity index (χ4n) is 1.56. The maximum Gasteiger partial charge on any atom is 0.232 e. The molecule has 0 aromatic heterocycles. The van der Waals surface area contributed by atoms with Crippen LogP contribution in [-0.4, -0.2) is 39.6 Å². The Hall–Kier alpha value is 0.160. The molecule has 0 aliphatic rings. The van der Waals surface area contributed by atoms with Gasteiger partial charge >= 0.3 is 0 Å². The first kappa shape index (κ1) is 18.2. The second-order valence-corrected chi connectivity index (χ2v) is 8.22. The molecule has 1 unspecified atom stereocenters. The third-order valence-corrected chi connectivity index (χ3v) is 3.50. The number of hydrogen-bond donors (Lipinski definition) is 0. The molecule has 18 heavy (non-hydrogen) atoms. The van der Waals surface area contributed by atoms with Crippen LogP contribution in [-0.2, 0) is 18.5 Å². The van der Waals surface area contributed by atoms with Gasteiger partial charge in [0.1, 0.15) is 0 Å². The van der Waals surface area contributed by atoms with E-state index < -0.39 is 9.05 Å². The molecule has 110 valence electrons. The second kappa shape index (κ2) is 8.35. The molecular formula is C12H25ClO4S. The first-order valence-corrected chi connectivity index (χ1v) is 8.76. The molecule has 0 amide bonds. The number of halogens is 1. The van der Waals surface area contributed by atoms with Gasteiger partial charge in [0.25, 0.3) is 0 Å². The molecule has 6 heteroatoms. The topological polar surface area (TPSA) is 52.6 Å². The van der Waals surface area contributed by atoms with Crippen LogP contribution in [0.3, 0.4) is 0 Å². The van der Waals surface area contributed by atoms with E-state index in [1.807, 2.05) is 27.7 Å². The maximum absolute atomic E-state index is 11.0. The van der Waals surface area contributed by atoms with Gasteiger partial charge in [0, 0.05) is 10.7 Å². The molecule has 4 nitrogen and oxygen atoms in total. The van der Waals surface area contributed by atoms with Crippen molar-refractivity contribution in [1.29, 1.82) is 0 Å². The first-order chi connectivity index (χ1) is 8.14. The molecule has 0 rings (SSSR count). The number of rotatable bonds is 9. The van der Waals surface area contributed by atoms with Crippen LogP contribution in [0.5, 0.6) is 0 Å². The Labute approximate surface area is 115 Å². The van der Waals surface area contributed by atoms with Gasteiger partial charge in [0.05, 0.1) is 31.2 Å². The summed E-state index contributed by atoms with van der Waals surface area (Å²) in [7, 11) is 1.81. The van der Waals surface area contributed by atoms with E-state index in [2.05, 4.69) is 0 Å². The summed E-state index contributed by atoms with van der Waals surface area (Å²) in [4.78, 5) is 0. The van der Waals surface area contributed by atoms with Gasteiger partial charge in [-0.25, -0.2) is 8.42 Å². The van der Waals surface area contributed by atoms with Crippen molar-refractivity contribution in [3.63, 3.8) is 0 Å². The van der Waals surface area contributed by atoms with E-state index in [0.717, 1.165) is 12.8 Å². The van der Waals surface area contributed by atoms with E-state index in [1.165, 1.54) is 0 Å². The molecule has 0 fully saturated rings. The zero-order valence-corrected chi connectivity index (χ0v) is 13.3. The normalized spacial score (nSPS) is 14.7. The molecule has 1 atom stereocenters. The van der Waals surface area contributed by atoms with Gasteiger partial charge in [0.15, 0.2) is 0 Å². The highest BCUT2D eigenvalue weighted by molar-refractivity contribution is 8.13. The minimum absolute atomic E-state index is 0.0253. The molecule has 0 saturated carbocycles. The molecule has 0 bridgehead atoms. The van der Waals surface area contributed by atoms with Gasteiger partial charge in [-0.15, -0.1) is 0 Å². The highest BCUT2D eigenvalue weighted by Crippen LogP contribution is 2.13. The molecule has 0 saturated heterocycles. The van der Waals surface area contributed by atoms with Gasteiger partial charge in [-0.3, -0.25) is 0 Å². The van der Waals surface area contributed by atoms with Gasteiger partial charge in [-0.05, 0) is 33.1 Å². The lowest BCUT2D eigenvalue weighted by atomic mass is 10.1. The number of hydrogen-bond acceptors (Lipinski definition) is 4. The summed E-state index contributed by atoms with van der Waals surface area (Å²) in [6.45, 7) is 9.34. The van der Waals surface area contributed by atoms with Crippen LogP contribution in [0.2, 0.25) is 0 Å². The summed E-state index contributed by atoms with van der Waals surface area (Å²) < 4.78 is 33.0. The fourth-order valence-corrected chi connectivity index (χ4v) is 2.92. The Bertz CT molecular complexity index is 309. The van der Waals surface area contributed by atoms with Crippen molar-refractivity contribution in [2.45, 2.75) is 46.1 Å². The van der Waals surface area contributed by atoms with Crippen molar-refractivity contribution in [1.82, 2.24) is 0 Å². The van der Waals surface area contributed by atoms with Crippen LogP contribution in [0.15, 0.2) is 0 Å². The SMILES string of the molecule is CCCC(COCCOC(C)(C)C)CS(=O)(=O)Cl. The van der Waals surface area contributed by atoms with Crippen molar-refractivity contribution in [2.75, 3.05) is 25.6 Å². The Morgan fingerprint density at radius 1 is 1.22 bits per heavy atom. The summed E-state index contributed by atoms with van der Waals surface area (Å²) in [6.07, 6.45) is 1.71. The largest absolute Gasteiger partial charge is 0.379 e. The van der Waals surface area contributed by atoms with E-state index in [1.54, 1.807) is 0 Å². The summed E-state index contributed by atoms with van der Waals surface area (Å²) in [5.41, 5.74) is -0.175. The Morgan fingerprint density at radius 2 is 1.83 bits per heavy atom. The van der Waals surface area contributed by atoms with Crippen molar-refractivity contribution >= 4 is 19.7 Å². The van der Waals surface area contributed by atoms with Gasteiger partial charge in [-0.1, -0.05) is 13.3 Å². The van der Waals surface area contributed by atoms with Gasteiger partial charge < -0.3 is 9.47 Å². The van der Waals surface area contributed by atoms with Crippen LogP contribution < -0.4 is 0 Å². The smallest absolute Gasteiger partial charge is 0.232 e. The van der Waals surface area contributed by atoms with E-state index >= 15 is 0 Å². The van der Waals surface area contributed by atoms with Crippen LogP contribution in [0.1, 0.15) is 40.5 Å². The summed E-state index contributed by atoms with van der Waals surface area (Å²) in [6, 6.07) is 0. The molecule has 0 aliphatic carbocycles. The summed E-state index contributed by atoms with van der Waals surface area (Å²) in [5.74, 6) is -0.0603. The number of ether oxygens (including phenoxy) is 2. The molecule has 0 N–H and O–H groups in total. The Kier molecular flexibility index (Phi) is 8.43. The minimum atomic E-state index is -3.45. The molecule has 0 heterocycles. The zero-order valence-electron chi connectivity index (χ0n) is 11.7. The standard InChI is InChI=1S/C12H25ClO4S/c1-5-6-11(10-18(13,14)15)9-16-7-8-17-12(2,3)4/h11H,5-10H2,1-4H3. The minimum Gasteiger partial charge on any atom is -0.379 e. The molecule has 0 aromatic carbocycles. The molecule has 0 aliphatic heterocycles. The second-order valence-electron chi connectivity index (χ2n) is 5.40. The van der Waals surface area contributed by atoms with Crippen molar-refractivity contribution in [2.24, 2.45) is 5.92 Å². The van der Waals surface area contributed by atoms with Crippen LogP contribution in [0.4, 0.5) is 0 Å². The van der Waals surface area contributed by atoms with Crippen LogP contribution in [0, 0.1) is 5.92 Å². The third-order valence-electron chi connectivity index (χ3n) is 2.25. The Balaban J connectivity index is 3.84. The lowest BCUT2D eigenvalue weighted by molar-refractivity contribution is -0.0387. The zero-order chi connectivity index (χ0) is 14.2. The van der Waals surface area contributed by atoms with Crippen molar-refractivity contribution in [3.05, 3.63) is 0 Å². The quantitative estimate of drug-likeness (QED) is 0.485. The average Bonchev–Trinajstić information content (AvgIpc) is 2.13.